The molecule has 21 heavy (non-hydrogen) atoms. The maximum absolute atomic E-state index is 12.5. The monoisotopic (exact) mass is 295 g/mol. The average molecular weight is 295 g/mol. The third-order valence-electron chi connectivity index (χ3n) is 3.01. The van der Waals surface area contributed by atoms with Crippen molar-refractivity contribution >= 4 is 0 Å². The van der Waals surface area contributed by atoms with Crippen molar-refractivity contribution in [3.8, 4) is 16.9 Å². The molecule has 0 saturated heterocycles. The van der Waals surface area contributed by atoms with E-state index in [1.807, 2.05) is 25.2 Å². The molecule has 0 aliphatic carbocycles. The maximum atomic E-state index is 12.5. The first-order valence-corrected chi connectivity index (χ1v) is 6.58. The van der Waals surface area contributed by atoms with Gasteiger partial charge in [0.05, 0.1) is 0 Å². The van der Waals surface area contributed by atoms with Crippen molar-refractivity contribution < 1.29 is 17.9 Å². The lowest BCUT2D eigenvalue weighted by Gasteiger charge is -2.14. The number of hydrogen-bond acceptors (Lipinski definition) is 2. The van der Waals surface area contributed by atoms with E-state index in [9.17, 15) is 13.2 Å². The average Bonchev–Trinajstić information content (AvgIpc) is 2.44. The van der Waals surface area contributed by atoms with Crippen LogP contribution in [0.5, 0.6) is 5.75 Å². The molecule has 0 saturated carbocycles. The number of ether oxygens (including phenoxy) is 1. The number of nitrogens with one attached hydrogen (secondary N) is 1. The molecule has 0 unspecified atom stereocenters. The zero-order chi connectivity index (χ0) is 15.3. The fourth-order valence-corrected chi connectivity index (χ4v) is 2.08. The van der Waals surface area contributed by atoms with E-state index in [1.54, 1.807) is 18.2 Å². The maximum Gasteiger partial charge on any atom is 0.573 e. The third kappa shape index (κ3) is 4.49. The standard InChI is InChI=1S/C16H16F3NO/c1-20-10-9-12-5-4-6-13(11-12)14-7-2-3-8-15(14)21-16(17,18)19/h2-8,11,20H,9-10H2,1H3. The van der Waals surface area contributed by atoms with E-state index in [2.05, 4.69) is 10.1 Å². The van der Waals surface area contributed by atoms with Gasteiger partial charge in [-0.2, -0.15) is 0 Å². The van der Waals surface area contributed by atoms with Crippen molar-refractivity contribution in [1.29, 1.82) is 0 Å². The summed E-state index contributed by atoms with van der Waals surface area (Å²) in [5.74, 6) is -0.184. The van der Waals surface area contributed by atoms with E-state index in [0.29, 0.717) is 11.1 Å². The van der Waals surface area contributed by atoms with Crippen LogP contribution in [0, 0.1) is 0 Å². The first kappa shape index (κ1) is 15.4. The minimum atomic E-state index is -4.69. The first-order valence-electron chi connectivity index (χ1n) is 6.58. The molecule has 2 aromatic carbocycles. The van der Waals surface area contributed by atoms with Crippen LogP contribution in [0.2, 0.25) is 0 Å². The lowest BCUT2D eigenvalue weighted by atomic mass is 10.0. The molecule has 0 radical (unpaired) electrons. The fourth-order valence-electron chi connectivity index (χ4n) is 2.08. The molecule has 0 spiro atoms. The molecule has 2 rings (SSSR count). The lowest BCUT2D eigenvalue weighted by molar-refractivity contribution is -0.274. The molecule has 0 bridgehead atoms. The van der Waals surface area contributed by atoms with E-state index >= 15 is 0 Å². The highest BCUT2D eigenvalue weighted by Crippen LogP contribution is 2.33. The number of hydrogen-bond donors (Lipinski definition) is 1. The van der Waals surface area contributed by atoms with Gasteiger partial charge in [0.2, 0.25) is 0 Å². The summed E-state index contributed by atoms with van der Waals surface area (Å²) in [4.78, 5) is 0. The highest BCUT2D eigenvalue weighted by molar-refractivity contribution is 5.70. The third-order valence-corrected chi connectivity index (χ3v) is 3.01. The highest BCUT2D eigenvalue weighted by Gasteiger charge is 2.32. The first-order chi connectivity index (χ1) is 9.99. The summed E-state index contributed by atoms with van der Waals surface area (Å²) in [7, 11) is 1.86. The molecule has 2 aromatic rings. The number of para-hydroxylation sites is 1. The van der Waals surface area contributed by atoms with Crippen molar-refractivity contribution in [2.45, 2.75) is 12.8 Å². The quantitative estimate of drug-likeness (QED) is 0.899. The molecule has 0 aromatic heterocycles. The summed E-state index contributed by atoms with van der Waals surface area (Å²) in [5, 5.41) is 3.04. The lowest BCUT2D eigenvalue weighted by Crippen LogP contribution is -2.17. The van der Waals surface area contributed by atoms with Gasteiger partial charge in [0, 0.05) is 5.56 Å². The summed E-state index contributed by atoms with van der Waals surface area (Å²) >= 11 is 0. The Hall–Kier alpha value is -2.01. The Balaban J connectivity index is 2.33. The summed E-state index contributed by atoms with van der Waals surface area (Å²) in [6.45, 7) is 0.810. The van der Waals surface area contributed by atoms with Gasteiger partial charge in [-0.1, -0.05) is 42.5 Å². The number of benzene rings is 2. The molecule has 0 aliphatic rings. The minimum absolute atomic E-state index is 0.184. The molecular weight excluding hydrogens is 279 g/mol. The minimum Gasteiger partial charge on any atom is -0.405 e. The number of alkyl halides is 3. The number of rotatable bonds is 5. The van der Waals surface area contributed by atoms with Crippen molar-refractivity contribution in [3.63, 3.8) is 0 Å². The smallest absolute Gasteiger partial charge is 0.405 e. The summed E-state index contributed by atoms with van der Waals surface area (Å²) in [5.41, 5.74) is 2.20. The van der Waals surface area contributed by atoms with Gasteiger partial charge in [-0.15, -0.1) is 13.2 Å². The SMILES string of the molecule is CNCCc1cccc(-c2ccccc2OC(F)(F)F)c1. The largest absolute Gasteiger partial charge is 0.573 e. The molecule has 0 atom stereocenters. The predicted octanol–water partition coefficient (Wildman–Crippen LogP) is 4.01. The molecule has 0 fully saturated rings. The van der Waals surface area contributed by atoms with Crippen LogP contribution in [0.25, 0.3) is 11.1 Å². The van der Waals surface area contributed by atoms with Crippen LogP contribution in [0.15, 0.2) is 48.5 Å². The molecule has 2 nitrogen and oxygen atoms in total. The van der Waals surface area contributed by atoms with E-state index in [1.165, 1.54) is 12.1 Å². The summed E-state index contributed by atoms with van der Waals surface area (Å²) < 4.78 is 41.5. The van der Waals surface area contributed by atoms with Gasteiger partial charge in [-0.25, -0.2) is 0 Å². The van der Waals surface area contributed by atoms with Crippen molar-refractivity contribution in [3.05, 3.63) is 54.1 Å². The van der Waals surface area contributed by atoms with Crippen LogP contribution < -0.4 is 10.1 Å². The Morgan fingerprint density at radius 1 is 1.05 bits per heavy atom. The summed E-state index contributed by atoms with van der Waals surface area (Å²) in [6.07, 6.45) is -3.88. The highest BCUT2D eigenvalue weighted by atomic mass is 19.4. The Kier molecular flexibility index (Phi) is 4.85. The van der Waals surface area contributed by atoms with Gasteiger partial charge in [0.1, 0.15) is 5.75 Å². The van der Waals surface area contributed by atoms with E-state index in [-0.39, 0.29) is 5.75 Å². The molecule has 0 amide bonds. The second-order valence-corrected chi connectivity index (χ2v) is 4.60. The van der Waals surface area contributed by atoms with Crippen LogP contribution >= 0.6 is 0 Å². The van der Waals surface area contributed by atoms with Crippen molar-refractivity contribution in [2.24, 2.45) is 0 Å². The fraction of sp³-hybridized carbons (Fsp3) is 0.250. The van der Waals surface area contributed by atoms with Gasteiger partial charge < -0.3 is 10.1 Å². The molecule has 0 aliphatic heterocycles. The zero-order valence-electron chi connectivity index (χ0n) is 11.6. The van der Waals surface area contributed by atoms with Gasteiger partial charge in [-0.3, -0.25) is 0 Å². The van der Waals surface area contributed by atoms with Crippen molar-refractivity contribution in [1.82, 2.24) is 5.32 Å². The molecule has 112 valence electrons. The van der Waals surface area contributed by atoms with Crippen molar-refractivity contribution in [2.75, 3.05) is 13.6 Å². The molecule has 1 N–H and O–H groups in total. The van der Waals surface area contributed by atoms with Gasteiger partial charge in [-0.05, 0) is 37.2 Å². The summed E-state index contributed by atoms with van der Waals surface area (Å²) in [6, 6.07) is 13.6. The normalized spacial score (nSPS) is 11.4. The van der Waals surface area contributed by atoms with Gasteiger partial charge >= 0.3 is 6.36 Å². The van der Waals surface area contributed by atoms with Crippen LogP contribution in [0.4, 0.5) is 13.2 Å². The second kappa shape index (κ2) is 6.63. The predicted molar refractivity (Wildman–Crippen MR) is 76.2 cm³/mol. The van der Waals surface area contributed by atoms with Crippen LogP contribution in [-0.4, -0.2) is 20.0 Å². The number of halogens is 3. The number of likely N-dealkylation sites (N-methyl/N-ethyl adjacent to an activating group) is 1. The zero-order valence-corrected chi connectivity index (χ0v) is 11.6. The Labute approximate surface area is 121 Å². The Morgan fingerprint density at radius 2 is 1.81 bits per heavy atom. The van der Waals surface area contributed by atoms with E-state index in [4.69, 9.17) is 0 Å². The Bertz CT molecular complexity index is 596. The van der Waals surface area contributed by atoms with E-state index < -0.39 is 6.36 Å². The van der Waals surface area contributed by atoms with Crippen LogP contribution in [0.3, 0.4) is 0 Å². The van der Waals surface area contributed by atoms with Gasteiger partial charge in [0.25, 0.3) is 0 Å². The molecular formula is C16H16F3NO. The topological polar surface area (TPSA) is 21.3 Å². The molecule has 0 heterocycles. The van der Waals surface area contributed by atoms with Gasteiger partial charge in [0.15, 0.2) is 0 Å². The molecule has 5 heteroatoms. The Morgan fingerprint density at radius 3 is 2.52 bits per heavy atom. The van der Waals surface area contributed by atoms with E-state index in [0.717, 1.165) is 18.5 Å². The van der Waals surface area contributed by atoms with Crippen LogP contribution in [0.1, 0.15) is 5.56 Å². The van der Waals surface area contributed by atoms with Crippen LogP contribution in [-0.2, 0) is 6.42 Å². The second-order valence-electron chi connectivity index (χ2n) is 4.60.